The number of aromatic amines is 1. The summed E-state index contributed by atoms with van der Waals surface area (Å²) in [6.07, 6.45) is 4.38. The molecule has 0 bridgehead atoms. The number of hydrogen-bond acceptors (Lipinski definition) is 4. The van der Waals surface area contributed by atoms with Crippen LogP contribution in [0.15, 0.2) is 24.4 Å². The molecular formula is C20H24N4O2. The molecule has 3 aliphatic rings. The lowest BCUT2D eigenvalue weighted by Crippen LogP contribution is -2.55. The molecular weight excluding hydrogens is 328 g/mol. The van der Waals surface area contributed by atoms with Gasteiger partial charge in [0.2, 0.25) is 11.8 Å². The van der Waals surface area contributed by atoms with E-state index in [9.17, 15) is 9.59 Å². The van der Waals surface area contributed by atoms with Crippen LogP contribution >= 0.6 is 0 Å². The molecule has 1 aromatic heterocycles. The van der Waals surface area contributed by atoms with Crippen molar-refractivity contribution in [2.45, 2.75) is 24.8 Å². The Morgan fingerprint density at radius 3 is 2.81 bits per heavy atom. The minimum absolute atomic E-state index is 0.178. The Bertz CT molecular complexity index is 873. The lowest BCUT2D eigenvalue weighted by Gasteiger charge is -2.46. The van der Waals surface area contributed by atoms with E-state index in [1.54, 1.807) is 0 Å². The number of piperidine rings is 1. The molecule has 0 radical (unpaired) electrons. The number of likely N-dealkylation sites (tertiary alicyclic amines) is 1. The molecule has 5 rings (SSSR count). The van der Waals surface area contributed by atoms with Gasteiger partial charge in [0.05, 0.1) is 13.1 Å². The van der Waals surface area contributed by atoms with Crippen LogP contribution in [-0.2, 0) is 16.0 Å². The largest absolute Gasteiger partial charge is 0.361 e. The van der Waals surface area contributed by atoms with Crippen molar-refractivity contribution in [3.63, 3.8) is 0 Å². The molecule has 2 amide bonds. The number of piperazine rings is 1. The standard InChI is InChI=1S/C20H24N4O2/c1-23-8-12(9-24-10-18(25)22-19(26)11-24)5-15-14-3-2-4-16-20(14)13(7-21-16)6-17(15)23/h2-4,7,12,15,17,21H,5-6,8-11H2,1H3,(H,22,25,26)/t12-,15-,17-/m1/s1. The maximum atomic E-state index is 11.7. The predicted molar refractivity (Wildman–Crippen MR) is 98.9 cm³/mol. The zero-order valence-corrected chi connectivity index (χ0v) is 15.0. The van der Waals surface area contributed by atoms with Crippen molar-refractivity contribution >= 4 is 22.7 Å². The van der Waals surface area contributed by atoms with E-state index in [-0.39, 0.29) is 11.8 Å². The number of fused-ring (bicyclic) bond motifs is 2. The molecule has 2 N–H and O–H groups in total. The molecule has 2 aliphatic heterocycles. The maximum Gasteiger partial charge on any atom is 0.240 e. The van der Waals surface area contributed by atoms with Crippen molar-refractivity contribution in [2.75, 3.05) is 33.2 Å². The highest BCUT2D eigenvalue weighted by molar-refractivity contribution is 5.99. The van der Waals surface area contributed by atoms with Crippen LogP contribution in [0.4, 0.5) is 0 Å². The molecule has 1 aromatic carbocycles. The first kappa shape index (κ1) is 16.0. The van der Waals surface area contributed by atoms with E-state index in [0.29, 0.717) is 31.0 Å². The second kappa shape index (κ2) is 5.93. The highest BCUT2D eigenvalue weighted by Crippen LogP contribution is 2.44. The van der Waals surface area contributed by atoms with Gasteiger partial charge in [0.25, 0.3) is 0 Å². The topological polar surface area (TPSA) is 68.4 Å². The van der Waals surface area contributed by atoms with Crippen LogP contribution < -0.4 is 5.32 Å². The van der Waals surface area contributed by atoms with Gasteiger partial charge in [-0.15, -0.1) is 0 Å². The van der Waals surface area contributed by atoms with Gasteiger partial charge in [-0.1, -0.05) is 12.1 Å². The minimum Gasteiger partial charge on any atom is -0.361 e. The fourth-order valence-corrected chi connectivity index (χ4v) is 5.38. The van der Waals surface area contributed by atoms with Crippen molar-refractivity contribution in [3.8, 4) is 0 Å². The van der Waals surface area contributed by atoms with Gasteiger partial charge < -0.3 is 9.88 Å². The number of nitrogens with zero attached hydrogens (tertiary/aromatic N) is 2. The quantitative estimate of drug-likeness (QED) is 0.794. The molecule has 136 valence electrons. The van der Waals surface area contributed by atoms with Crippen LogP contribution in [0.2, 0.25) is 0 Å². The Morgan fingerprint density at radius 2 is 2.00 bits per heavy atom. The van der Waals surface area contributed by atoms with E-state index >= 15 is 0 Å². The first-order valence-electron chi connectivity index (χ1n) is 9.42. The summed E-state index contributed by atoms with van der Waals surface area (Å²) >= 11 is 0. The lowest BCUT2D eigenvalue weighted by molar-refractivity contribution is -0.136. The van der Waals surface area contributed by atoms with Gasteiger partial charge in [0.1, 0.15) is 0 Å². The first-order valence-corrected chi connectivity index (χ1v) is 9.42. The third-order valence-corrected chi connectivity index (χ3v) is 6.34. The zero-order chi connectivity index (χ0) is 17.8. The summed E-state index contributed by atoms with van der Waals surface area (Å²) < 4.78 is 0. The minimum atomic E-state index is -0.178. The summed E-state index contributed by atoms with van der Waals surface area (Å²) in [4.78, 5) is 31.2. The van der Waals surface area contributed by atoms with Crippen LogP contribution in [0.1, 0.15) is 23.5 Å². The number of nitrogens with one attached hydrogen (secondary N) is 2. The van der Waals surface area contributed by atoms with Crippen LogP contribution in [-0.4, -0.2) is 65.9 Å². The average molecular weight is 352 g/mol. The second-order valence-electron chi connectivity index (χ2n) is 8.14. The van der Waals surface area contributed by atoms with E-state index in [4.69, 9.17) is 0 Å². The molecule has 6 heteroatoms. The second-order valence-corrected chi connectivity index (χ2v) is 8.14. The van der Waals surface area contributed by atoms with Gasteiger partial charge in [-0.2, -0.15) is 0 Å². The van der Waals surface area contributed by atoms with Crippen LogP contribution in [0.5, 0.6) is 0 Å². The number of hydrogen-bond donors (Lipinski definition) is 2. The molecule has 0 spiro atoms. The number of imide groups is 1. The molecule has 3 heterocycles. The van der Waals surface area contributed by atoms with Crippen molar-refractivity contribution in [3.05, 3.63) is 35.5 Å². The third-order valence-electron chi connectivity index (χ3n) is 6.34. The van der Waals surface area contributed by atoms with Crippen LogP contribution in [0.3, 0.4) is 0 Å². The number of H-pyrrole nitrogens is 1. The average Bonchev–Trinajstić information content (AvgIpc) is 3.00. The van der Waals surface area contributed by atoms with E-state index < -0.39 is 0 Å². The molecule has 2 fully saturated rings. The van der Waals surface area contributed by atoms with Crippen LogP contribution in [0.25, 0.3) is 10.9 Å². The van der Waals surface area contributed by atoms with E-state index in [0.717, 1.165) is 25.9 Å². The molecule has 6 nitrogen and oxygen atoms in total. The number of benzene rings is 1. The number of rotatable bonds is 2. The Kier molecular flexibility index (Phi) is 3.65. The Labute approximate surface area is 152 Å². The van der Waals surface area contributed by atoms with Gasteiger partial charge in [0.15, 0.2) is 0 Å². The number of carbonyl (C=O) groups is 2. The lowest BCUT2D eigenvalue weighted by atomic mass is 9.72. The predicted octanol–water partition coefficient (Wildman–Crippen LogP) is 1.09. The van der Waals surface area contributed by atoms with Crippen molar-refractivity contribution in [1.82, 2.24) is 20.1 Å². The van der Waals surface area contributed by atoms with Gasteiger partial charge in [-0.05, 0) is 43.0 Å². The van der Waals surface area contributed by atoms with E-state index in [1.807, 2.05) is 4.90 Å². The molecule has 1 aliphatic carbocycles. The summed E-state index contributed by atoms with van der Waals surface area (Å²) in [6.45, 7) is 2.49. The van der Waals surface area contributed by atoms with Gasteiger partial charge in [-0.3, -0.25) is 19.8 Å². The van der Waals surface area contributed by atoms with Gasteiger partial charge in [-0.25, -0.2) is 0 Å². The molecule has 2 saturated heterocycles. The highest BCUT2D eigenvalue weighted by Gasteiger charge is 2.40. The van der Waals surface area contributed by atoms with E-state index in [1.165, 1.54) is 22.0 Å². The van der Waals surface area contributed by atoms with E-state index in [2.05, 4.69) is 46.6 Å². The Balaban J connectivity index is 1.41. The summed E-state index contributed by atoms with van der Waals surface area (Å²) in [7, 11) is 2.22. The first-order chi connectivity index (χ1) is 12.6. The van der Waals surface area contributed by atoms with Crippen molar-refractivity contribution in [2.24, 2.45) is 5.92 Å². The normalized spacial score (nSPS) is 29.7. The smallest absolute Gasteiger partial charge is 0.240 e. The number of amides is 2. The number of likely N-dealkylation sites (N-methyl/N-ethyl adjacent to an activating group) is 1. The Hall–Kier alpha value is -2.18. The summed E-state index contributed by atoms with van der Waals surface area (Å²) in [6, 6.07) is 7.12. The SMILES string of the molecule is CN1C[C@H](CN2CC(=O)NC(=O)C2)C[C@@H]2c3cccc4[nH]cc(c34)C[C@H]21. The Morgan fingerprint density at radius 1 is 1.19 bits per heavy atom. The summed E-state index contributed by atoms with van der Waals surface area (Å²) in [5, 5.41) is 3.80. The van der Waals surface area contributed by atoms with Crippen LogP contribution in [0, 0.1) is 5.92 Å². The van der Waals surface area contributed by atoms with Crippen molar-refractivity contribution in [1.29, 1.82) is 0 Å². The molecule has 3 atom stereocenters. The van der Waals surface area contributed by atoms with Crippen molar-refractivity contribution < 1.29 is 9.59 Å². The maximum absolute atomic E-state index is 11.7. The summed E-state index contributed by atoms with van der Waals surface area (Å²) in [5.41, 5.74) is 4.12. The molecule has 2 aromatic rings. The third kappa shape index (κ3) is 2.56. The fraction of sp³-hybridized carbons (Fsp3) is 0.500. The number of aromatic nitrogens is 1. The number of carbonyl (C=O) groups excluding carboxylic acids is 2. The highest BCUT2D eigenvalue weighted by atomic mass is 16.2. The van der Waals surface area contributed by atoms with Gasteiger partial charge in [0, 0.05) is 42.1 Å². The zero-order valence-electron chi connectivity index (χ0n) is 15.0. The monoisotopic (exact) mass is 352 g/mol. The van der Waals surface area contributed by atoms with Gasteiger partial charge >= 0.3 is 0 Å². The molecule has 0 saturated carbocycles. The molecule has 26 heavy (non-hydrogen) atoms. The fourth-order valence-electron chi connectivity index (χ4n) is 5.38. The molecule has 0 unspecified atom stereocenters. The summed E-state index contributed by atoms with van der Waals surface area (Å²) in [5.74, 6) is 0.626.